The van der Waals surface area contributed by atoms with Crippen LogP contribution >= 0.6 is 11.6 Å². The third-order valence-corrected chi connectivity index (χ3v) is 2.26. The second kappa shape index (κ2) is 3.36. The minimum Gasteiger partial charge on any atom is -0.329 e. The predicted molar refractivity (Wildman–Crippen MR) is 53.8 cm³/mol. The van der Waals surface area contributed by atoms with E-state index >= 15 is 0 Å². The number of hydrogen-bond donors (Lipinski definition) is 1. The molecule has 0 saturated carbocycles. The van der Waals surface area contributed by atoms with Crippen molar-refractivity contribution >= 4 is 22.5 Å². The van der Waals surface area contributed by atoms with E-state index in [2.05, 4.69) is 5.10 Å². The van der Waals surface area contributed by atoms with Crippen LogP contribution in [0.3, 0.4) is 0 Å². The number of fused-ring (bicyclic) bond motifs is 1. The molecular formula is C9H10ClN3. The first-order valence-corrected chi connectivity index (χ1v) is 4.51. The molecule has 2 aromatic rings. The van der Waals surface area contributed by atoms with Gasteiger partial charge in [-0.3, -0.25) is 4.68 Å². The summed E-state index contributed by atoms with van der Waals surface area (Å²) in [5, 5.41) is 5.98. The lowest BCUT2D eigenvalue weighted by molar-refractivity contribution is 0.646. The molecule has 1 aromatic heterocycles. The maximum atomic E-state index is 6.04. The molecule has 0 aliphatic rings. The van der Waals surface area contributed by atoms with E-state index in [0.29, 0.717) is 13.1 Å². The zero-order valence-electron chi connectivity index (χ0n) is 7.07. The van der Waals surface area contributed by atoms with Gasteiger partial charge in [-0.05, 0) is 6.07 Å². The summed E-state index contributed by atoms with van der Waals surface area (Å²) in [6, 6.07) is 5.76. The molecule has 13 heavy (non-hydrogen) atoms. The highest BCUT2D eigenvalue weighted by atomic mass is 35.5. The number of nitrogens with two attached hydrogens (primary N) is 1. The summed E-state index contributed by atoms with van der Waals surface area (Å²) in [4.78, 5) is 0. The van der Waals surface area contributed by atoms with Gasteiger partial charge in [0.05, 0.1) is 23.3 Å². The van der Waals surface area contributed by atoms with Crippen LogP contribution < -0.4 is 5.73 Å². The predicted octanol–water partition coefficient (Wildman–Crippen LogP) is 1.65. The highest BCUT2D eigenvalue weighted by molar-refractivity contribution is 6.35. The molecule has 1 aromatic carbocycles. The van der Waals surface area contributed by atoms with Gasteiger partial charge in [-0.2, -0.15) is 5.10 Å². The van der Waals surface area contributed by atoms with Crippen LogP contribution in [0.25, 0.3) is 10.9 Å². The van der Waals surface area contributed by atoms with Gasteiger partial charge < -0.3 is 5.73 Å². The zero-order valence-corrected chi connectivity index (χ0v) is 7.83. The van der Waals surface area contributed by atoms with Crippen LogP contribution in [0.5, 0.6) is 0 Å². The molecule has 68 valence electrons. The van der Waals surface area contributed by atoms with Gasteiger partial charge in [0.25, 0.3) is 0 Å². The Balaban J connectivity index is 2.64. The van der Waals surface area contributed by atoms with E-state index < -0.39 is 0 Å². The van der Waals surface area contributed by atoms with Crippen LogP contribution in [0.15, 0.2) is 24.4 Å². The third kappa shape index (κ3) is 1.41. The van der Waals surface area contributed by atoms with Crippen molar-refractivity contribution in [2.45, 2.75) is 6.54 Å². The molecular weight excluding hydrogens is 186 g/mol. The first-order valence-electron chi connectivity index (χ1n) is 4.13. The molecule has 1 heterocycles. The number of halogens is 1. The highest BCUT2D eigenvalue weighted by Crippen LogP contribution is 2.22. The summed E-state index contributed by atoms with van der Waals surface area (Å²) in [5.74, 6) is 0. The molecule has 2 rings (SSSR count). The van der Waals surface area contributed by atoms with Crippen molar-refractivity contribution in [3.05, 3.63) is 29.4 Å². The first-order chi connectivity index (χ1) is 6.33. The second-order valence-corrected chi connectivity index (χ2v) is 3.24. The lowest BCUT2D eigenvalue weighted by Crippen LogP contribution is -2.10. The molecule has 0 amide bonds. The zero-order chi connectivity index (χ0) is 9.26. The Morgan fingerprint density at radius 3 is 3.08 bits per heavy atom. The van der Waals surface area contributed by atoms with Crippen molar-refractivity contribution < 1.29 is 0 Å². The number of benzene rings is 1. The van der Waals surface area contributed by atoms with Crippen LogP contribution in [0.2, 0.25) is 5.02 Å². The third-order valence-electron chi connectivity index (χ3n) is 1.95. The minimum atomic E-state index is 0.571. The molecule has 0 saturated heterocycles. The summed E-state index contributed by atoms with van der Waals surface area (Å²) >= 11 is 6.04. The second-order valence-electron chi connectivity index (χ2n) is 2.83. The van der Waals surface area contributed by atoms with Crippen molar-refractivity contribution in [3.8, 4) is 0 Å². The van der Waals surface area contributed by atoms with E-state index in [0.717, 1.165) is 15.9 Å². The fraction of sp³-hybridized carbons (Fsp3) is 0.222. The van der Waals surface area contributed by atoms with Gasteiger partial charge in [0.15, 0.2) is 0 Å². The van der Waals surface area contributed by atoms with Gasteiger partial charge in [-0.1, -0.05) is 23.7 Å². The Kier molecular flexibility index (Phi) is 2.20. The van der Waals surface area contributed by atoms with Gasteiger partial charge in [-0.25, -0.2) is 0 Å². The highest BCUT2D eigenvalue weighted by Gasteiger charge is 2.04. The van der Waals surface area contributed by atoms with Crippen molar-refractivity contribution in [1.29, 1.82) is 0 Å². The number of aromatic nitrogens is 2. The average molecular weight is 196 g/mol. The van der Waals surface area contributed by atoms with Crippen LogP contribution in [-0.4, -0.2) is 16.3 Å². The van der Waals surface area contributed by atoms with Gasteiger partial charge in [-0.15, -0.1) is 0 Å². The molecule has 0 aliphatic heterocycles. The summed E-state index contributed by atoms with van der Waals surface area (Å²) in [6.07, 6.45) is 1.80. The minimum absolute atomic E-state index is 0.571. The molecule has 0 radical (unpaired) electrons. The molecule has 0 aliphatic carbocycles. The molecule has 0 atom stereocenters. The average Bonchev–Trinajstić information content (AvgIpc) is 2.51. The molecule has 0 fully saturated rings. The van der Waals surface area contributed by atoms with Crippen LogP contribution in [-0.2, 0) is 6.54 Å². The quantitative estimate of drug-likeness (QED) is 0.792. The number of para-hydroxylation sites is 1. The van der Waals surface area contributed by atoms with Crippen LogP contribution in [0.4, 0.5) is 0 Å². The maximum Gasteiger partial charge on any atom is 0.0869 e. The molecule has 2 N–H and O–H groups in total. The van der Waals surface area contributed by atoms with Gasteiger partial charge in [0, 0.05) is 11.9 Å². The van der Waals surface area contributed by atoms with Crippen molar-refractivity contribution in [1.82, 2.24) is 9.78 Å². The Morgan fingerprint density at radius 1 is 1.46 bits per heavy atom. The van der Waals surface area contributed by atoms with E-state index in [9.17, 15) is 0 Å². The van der Waals surface area contributed by atoms with Gasteiger partial charge >= 0.3 is 0 Å². The summed E-state index contributed by atoms with van der Waals surface area (Å²) < 4.78 is 1.83. The van der Waals surface area contributed by atoms with Crippen molar-refractivity contribution in [2.24, 2.45) is 5.73 Å². The Hall–Kier alpha value is -1.06. The Labute approximate surface area is 81.1 Å². The number of nitrogens with zero attached hydrogens (tertiary/aromatic N) is 2. The van der Waals surface area contributed by atoms with E-state index in [-0.39, 0.29) is 0 Å². The summed E-state index contributed by atoms with van der Waals surface area (Å²) in [7, 11) is 0. The van der Waals surface area contributed by atoms with E-state index in [1.54, 1.807) is 6.20 Å². The maximum absolute atomic E-state index is 6.04. The molecule has 0 unspecified atom stereocenters. The Morgan fingerprint density at radius 2 is 2.31 bits per heavy atom. The lowest BCUT2D eigenvalue weighted by atomic mass is 10.2. The fourth-order valence-corrected chi connectivity index (χ4v) is 1.67. The van der Waals surface area contributed by atoms with E-state index in [1.807, 2.05) is 22.9 Å². The van der Waals surface area contributed by atoms with Gasteiger partial charge in [0.1, 0.15) is 0 Å². The van der Waals surface area contributed by atoms with Crippen LogP contribution in [0.1, 0.15) is 0 Å². The summed E-state index contributed by atoms with van der Waals surface area (Å²) in [6.45, 7) is 1.27. The van der Waals surface area contributed by atoms with Crippen LogP contribution in [0, 0.1) is 0 Å². The SMILES string of the molecule is NCCn1ncc2cccc(Cl)c21. The van der Waals surface area contributed by atoms with Crippen molar-refractivity contribution in [3.63, 3.8) is 0 Å². The molecule has 4 heteroatoms. The number of rotatable bonds is 2. The molecule has 0 bridgehead atoms. The standard InChI is InChI=1S/C9H10ClN3/c10-8-3-1-2-7-6-12-13(5-4-11)9(7)8/h1-3,6H,4-5,11H2. The largest absolute Gasteiger partial charge is 0.329 e. The monoisotopic (exact) mass is 195 g/mol. The normalized spacial score (nSPS) is 10.9. The smallest absolute Gasteiger partial charge is 0.0869 e. The summed E-state index contributed by atoms with van der Waals surface area (Å²) in [5.41, 5.74) is 6.42. The fourth-order valence-electron chi connectivity index (χ4n) is 1.39. The van der Waals surface area contributed by atoms with E-state index in [1.165, 1.54) is 0 Å². The molecule has 0 spiro atoms. The Bertz CT molecular complexity index is 422. The first kappa shape index (κ1) is 8.53. The number of hydrogen-bond acceptors (Lipinski definition) is 2. The topological polar surface area (TPSA) is 43.8 Å². The van der Waals surface area contributed by atoms with Gasteiger partial charge in [0.2, 0.25) is 0 Å². The van der Waals surface area contributed by atoms with Crippen molar-refractivity contribution in [2.75, 3.05) is 6.54 Å². The van der Waals surface area contributed by atoms with E-state index in [4.69, 9.17) is 17.3 Å². The molecule has 3 nitrogen and oxygen atoms in total. The lowest BCUT2D eigenvalue weighted by Gasteiger charge is -2.01.